The zero-order chi connectivity index (χ0) is 12.3. The fourth-order valence-electron chi connectivity index (χ4n) is 1.67. The van der Waals surface area contributed by atoms with Crippen LogP contribution in [0, 0.1) is 5.41 Å². The van der Waals surface area contributed by atoms with Crippen LogP contribution in [0.1, 0.15) is 18.4 Å². The SMILES string of the molecule is COc1ccc(COC(=O)C2(CN)CC2)cc1. The largest absolute Gasteiger partial charge is 0.497 e. The standard InChI is InChI=1S/C13H17NO3/c1-16-11-4-2-10(3-5-11)8-17-12(15)13(9-14)6-7-13/h2-5H,6-9,14H2,1H3. The van der Waals surface area contributed by atoms with Gasteiger partial charge in [0.15, 0.2) is 0 Å². The van der Waals surface area contributed by atoms with Crippen molar-refractivity contribution in [3.8, 4) is 5.75 Å². The summed E-state index contributed by atoms with van der Waals surface area (Å²) in [5.74, 6) is 0.622. The van der Waals surface area contributed by atoms with E-state index in [0.717, 1.165) is 24.2 Å². The molecule has 0 unspecified atom stereocenters. The molecule has 1 aromatic carbocycles. The highest BCUT2D eigenvalue weighted by molar-refractivity contribution is 5.80. The predicted molar refractivity (Wildman–Crippen MR) is 63.5 cm³/mol. The molecule has 0 bridgehead atoms. The van der Waals surface area contributed by atoms with Gasteiger partial charge in [-0.3, -0.25) is 4.79 Å². The number of rotatable bonds is 5. The maximum absolute atomic E-state index is 11.7. The van der Waals surface area contributed by atoms with E-state index in [2.05, 4.69) is 0 Å². The molecule has 2 N–H and O–H groups in total. The Morgan fingerprint density at radius 3 is 2.47 bits per heavy atom. The van der Waals surface area contributed by atoms with Crippen molar-refractivity contribution >= 4 is 5.97 Å². The van der Waals surface area contributed by atoms with E-state index in [-0.39, 0.29) is 11.4 Å². The minimum atomic E-state index is -0.382. The van der Waals surface area contributed by atoms with E-state index in [1.807, 2.05) is 24.3 Å². The lowest BCUT2D eigenvalue weighted by molar-refractivity contribution is -0.151. The number of hydrogen-bond donors (Lipinski definition) is 1. The summed E-state index contributed by atoms with van der Waals surface area (Å²) in [7, 11) is 1.62. The topological polar surface area (TPSA) is 61.5 Å². The Bertz CT molecular complexity index is 396. The second-order valence-corrected chi connectivity index (χ2v) is 4.41. The summed E-state index contributed by atoms with van der Waals surface area (Å²) in [6.45, 7) is 0.680. The highest BCUT2D eigenvalue weighted by Gasteiger charge is 2.50. The first-order chi connectivity index (χ1) is 8.20. The van der Waals surface area contributed by atoms with Crippen molar-refractivity contribution in [1.82, 2.24) is 0 Å². The van der Waals surface area contributed by atoms with E-state index in [4.69, 9.17) is 15.2 Å². The third-order valence-electron chi connectivity index (χ3n) is 3.21. The molecule has 1 fully saturated rings. The molecule has 4 nitrogen and oxygen atoms in total. The van der Waals surface area contributed by atoms with Gasteiger partial charge in [0.25, 0.3) is 0 Å². The van der Waals surface area contributed by atoms with E-state index in [9.17, 15) is 4.79 Å². The number of benzene rings is 1. The summed E-state index contributed by atoms with van der Waals surface area (Å²) in [5.41, 5.74) is 6.13. The molecule has 0 aliphatic heterocycles. The van der Waals surface area contributed by atoms with Crippen molar-refractivity contribution in [1.29, 1.82) is 0 Å². The summed E-state index contributed by atoms with van der Waals surface area (Å²) in [6.07, 6.45) is 1.70. The molecule has 17 heavy (non-hydrogen) atoms. The molecule has 0 amide bonds. The van der Waals surface area contributed by atoms with Gasteiger partial charge in [-0.05, 0) is 30.5 Å². The van der Waals surface area contributed by atoms with Crippen LogP contribution in [0.15, 0.2) is 24.3 Å². The zero-order valence-corrected chi connectivity index (χ0v) is 9.94. The van der Waals surface area contributed by atoms with Crippen LogP contribution < -0.4 is 10.5 Å². The number of esters is 1. The first-order valence-corrected chi connectivity index (χ1v) is 5.70. The Kier molecular flexibility index (Phi) is 3.33. The number of ether oxygens (including phenoxy) is 2. The fraction of sp³-hybridized carbons (Fsp3) is 0.462. The van der Waals surface area contributed by atoms with Gasteiger partial charge in [-0.15, -0.1) is 0 Å². The van der Waals surface area contributed by atoms with E-state index in [0.29, 0.717) is 13.2 Å². The van der Waals surface area contributed by atoms with E-state index in [1.54, 1.807) is 7.11 Å². The third kappa shape index (κ3) is 2.58. The smallest absolute Gasteiger partial charge is 0.313 e. The lowest BCUT2D eigenvalue weighted by atomic mass is 10.1. The summed E-state index contributed by atoms with van der Waals surface area (Å²) in [6, 6.07) is 7.46. The van der Waals surface area contributed by atoms with Crippen LogP contribution in [-0.2, 0) is 16.1 Å². The van der Waals surface area contributed by atoms with Gasteiger partial charge < -0.3 is 15.2 Å². The molecular formula is C13H17NO3. The summed E-state index contributed by atoms with van der Waals surface area (Å²) >= 11 is 0. The van der Waals surface area contributed by atoms with Crippen LogP contribution in [0.25, 0.3) is 0 Å². The van der Waals surface area contributed by atoms with Crippen molar-refractivity contribution in [3.63, 3.8) is 0 Å². The molecule has 0 atom stereocenters. The van der Waals surface area contributed by atoms with Crippen molar-refractivity contribution in [2.45, 2.75) is 19.4 Å². The molecule has 0 heterocycles. The molecule has 1 aliphatic rings. The number of hydrogen-bond acceptors (Lipinski definition) is 4. The third-order valence-corrected chi connectivity index (χ3v) is 3.21. The van der Waals surface area contributed by atoms with Crippen LogP contribution in [0.2, 0.25) is 0 Å². The molecule has 1 saturated carbocycles. The first-order valence-electron chi connectivity index (χ1n) is 5.70. The van der Waals surface area contributed by atoms with Crippen LogP contribution in [0.4, 0.5) is 0 Å². The maximum Gasteiger partial charge on any atom is 0.313 e. The van der Waals surface area contributed by atoms with Gasteiger partial charge >= 0.3 is 5.97 Å². The van der Waals surface area contributed by atoms with Gasteiger partial charge in [0.2, 0.25) is 0 Å². The Balaban J connectivity index is 1.87. The van der Waals surface area contributed by atoms with Crippen molar-refractivity contribution < 1.29 is 14.3 Å². The van der Waals surface area contributed by atoms with Crippen LogP contribution in [-0.4, -0.2) is 19.6 Å². The Morgan fingerprint density at radius 2 is 2.00 bits per heavy atom. The summed E-state index contributed by atoms with van der Waals surface area (Å²) < 4.78 is 10.3. The molecule has 92 valence electrons. The van der Waals surface area contributed by atoms with Gasteiger partial charge in [-0.25, -0.2) is 0 Å². The first kappa shape index (κ1) is 11.9. The molecule has 0 aromatic heterocycles. The molecule has 1 aromatic rings. The molecule has 1 aliphatic carbocycles. The van der Waals surface area contributed by atoms with Crippen molar-refractivity contribution in [2.24, 2.45) is 11.1 Å². The minimum Gasteiger partial charge on any atom is -0.497 e. The Morgan fingerprint density at radius 1 is 1.35 bits per heavy atom. The van der Waals surface area contributed by atoms with Gasteiger partial charge in [-0.1, -0.05) is 12.1 Å². The Hall–Kier alpha value is -1.55. The predicted octanol–water partition coefficient (Wildman–Crippen LogP) is 1.48. The quantitative estimate of drug-likeness (QED) is 0.785. The lowest BCUT2D eigenvalue weighted by Gasteiger charge is -2.12. The van der Waals surface area contributed by atoms with Crippen molar-refractivity contribution in [3.05, 3.63) is 29.8 Å². The average Bonchev–Trinajstić information content (AvgIpc) is 3.17. The number of nitrogens with two attached hydrogens (primary N) is 1. The fourth-order valence-corrected chi connectivity index (χ4v) is 1.67. The molecule has 0 radical (unpaired) electrons. The van der Waals surface area contributed by atoms with Crippen molar-refractivity contribution in [2.75, 3.05) is 13.7 Å². The summed E-state index contributed by atoms with van der Waals surface area (Å²) in [5, 5.41) is 0. The van der Waals surface area contributed by atoms with E-state index in [1.165, 1.54) is 0 Å². The Labute approximate surface area is 101 Å². The average molecular weight is 235 g/mol. The van der Waals surface area contributed by atoms with Crippen LogP contribution in [0.3, 0.4) is 0 Å². The van der Waals surface area contributed by atoms with Gasteiger partial charge in [-0.2, -0.15) is 0 Å². The molecule has 2 rings (SSSR count). The second kappa shape index (κ2) is 4.75. The molecular weight excluding hydrogens is 218 g/mol. The van der Waals surface area contributed by atoms with E-state index < -0.39 is 0 Å². The van der Waals surface area contributed by atoms with Crippen LogP contribution in [0.5, 0.6) is 5.75 Å². The van der Waals surface area contributed by atoms with E-state index >= 15 is 0 Å². The number of carbonyl (C=O) groups excluding carboxylic acids is 1. The number of methoxy groups -OCH3 is 1. The molecule has 0 saturated heterocycles. The molecule has 4 heteroatoms. The van der Waals surface area contributed by atoms with Gasteiger partial charge in [0, 0.05) is 6.54 Å². The minimum absolute atomic E-state index is 0.171. The second-order valence-electron chi connectivity index (χ2n) is 4.41. The lowest BCUT2D eigenvalue weighted by Crippen LogP contribution is -2.27. The van der Waals surface area contributed by atoms with Gasteiger partial charge in [0.05, 0.1) is 12.5 Å². The monoisotopic (exact) mass is 235 g/mol. The van der Waals surface area contributed by atoms with Gasteiger partial charge in [0.1, 0.15) is 12.4 Å². The van der Waals surface area contributed by atoms with Crippen LogP contribution >= 0.6 is 0 Å². The highest BCUT2D eigenvalue weighted by atomic mass is 16.5. The molecule has 0 spiro atoms. The normalized spacial score (nSPS) is 16.4. The highest BCUT2D eigenvalue weighted by Crippen LogP contribution is 2.45. The zero-order valence-electron chi connectivity index (χ0n) is 9.94. The summed E-state index contributed by atoms with van der Waals surface area (Å²) in [4.78, 5) is 11.7. The number of carbonyl (C=O) groups is 1. The maximum atomic E-state index is 11.7.